The van der Waals surface area contributed by atoms with Crippen LogP contribution in [0.15, 0.2) is 12.1 Å². The lowest BCUT2D eigenvalue weighted by Gasteiger charge is -2.00. The van der Waals surface area contributed by atoms with Gasteiger partial charge < -0.3 is 15.3 Å². The van der Waals surface area contributed by atoms with E-state index >= 15 is 0 Å². The Kier molecular flexibility index (Phi) is 1.89. The molecule has 3 nitrogen and oxygen atoms in total. The van der Waals surface area contributed by atoms with Crippen LogP contribution in [0.5, 0.6) is 17.2 Å². The average molecular weight is 252 g/mol. The highest BCUT2D eigenvalue weighted by Crippen LogP contribution is 2.37. The standard InChI is InChI=1S/C6H5IO3/c7-3-1-2-4(8)6(10)5(3)9/h1-2,8-10H. The van der Waals surface area contributed by atoms with Gasteiger partial charge >= 0.3 is 0 Å². The molecule has 0 bridgehead atoms. The lowest BCUT2D eigenvalue weighted by Crippen LogP contribution is -1.74. The van der Waals surface area contributed by atoms with Crippen LogP contribution in [0.25, 0.3) is 0 Å². The van der Waals surface area contributed by atoms with E-state index in [9.17, 15) is 0 Å². The summed E-state index contributed by atoms with van der Waals surface area (Å²) in [7, 11) is 0. The van der Waals surface area contributed by atoms with Gasteiger partial charge in [-0.05, 0) is 34.7 Å². The van der Waals surface area contributed by atoms with E-state index in [2.05, 4.69) is 0 Å². The Hall–Kier alpha value is -0.650. The van der Waals surface area contributed by atoms with E-state index in [0.717, 1.165) is 0 Å². The molecule has 1 aromatic rings. The van der Waals surface area contributed by atoms with Gasteiger partial charge in [0.2, 0.25) is 5.75 Å². The van der Waals surface area contributed by atoms with Crippen molar-refractivity contribution in [2.45, 2.75) is 0 Å². The molecule has 0 unspecified atom stereocenters. The molecule has 0 aliphatic heterocycles. The van der Waals surface area contributed by atoms with Crippen molar-refractivity contribution in [3.63, 3.8) is 0 Å². The Morgan fingerprint density at radius 2 is 1.60 bits per heavy atom. The fourth-order valence-electron chi connectivity index (χ4n) is 0.544. The molecule has 0 spiro atoms. The fraction of sp³-hybridized carbons (Fsp3) is 0. The maximum Gasteiger partial charge on any atom is 0.201 e. The lowest BCUT2D eigenvalue weighted by molar-refractivity contribution is 0.366. The first-order chi connectivity index (χ1) is 4.63. The van der Waals surface area contributed by atoms with Crippen molar-refractivity contribution in [1.82, 2.24) is 0 Å². The fourth-order valence-corrected chi connectivity index (χ4v) is 0.980. The first kappa shape index (κ1) is 7.46. The molecular weight excluding hydrogens is 247 g/mol. The van der Waals surface area contributed by atoms with Crippen LogP contribution in [0.2, 0.25) is 0 Å². The zero-order chi connectivity index (χ0) is 7.72. The van der Waals surface area contributed by atoms with Gasteiger partial charge in [-0.2, -0.15) is 0 Å². The van der Waals surface area contributed by atoms with E-state index in [1.165, 1.54) is 12.1 Å². The van der Waals surface area contributed by atoms with E-state index in [-0.39, 0.29) is 11.5 Å². The van der Waals surface area contributed by atoms with Crippen LogP contribution >= 0.6 is 22.6 Å². The molecular formula is C6H5IO3. The summed E-state index contributed by atoms with van der Waals surface area (Å²) in [6, 6.07) is 2.82. The second-order valence-corrected chi connectivity index (χ2v) is 2.93. The second-order valence-electron chi connectivity index (χ2n) is 1.76. The van der Waals surface area contributed by atoms with Gasteiger partial charge in [-0.15, -0.1) is 0 Å². The largest absolute Gasteiger partial charge is 0.504 e. The molecule has 1 rings (SSSR count). The van der Waals surface area contributed by atoms with Gasteiger partial charge in [-0.1, -0.05) is 0 Å². The predicted molar refractivity (Wildman–Crippen MR) is 44.2 cm³/mol. The molecule has 0 saturated carbocycles. The summed E-state index contributed by atoms with van der Waals surface area (Å²) in [4.78, 5) is 0. The molecule has 0 fully saturated rings. The topological polar surface area (TPSA) is 60.7 Å². The molecule has 0 amide bonds. The number of phenolic OH excluding ortho intramolecular Hbond substituents is 3. The Labute approximate surface area is 71.1 Å². The Morgan fingerprint density at radius 1 is 1.00 bits per heavy atom. The van der Waals surface area contributed by atoms with Gasteiger partial charge in [-0.3, -0.25) is 0 Å². The maximum absolute atomic E-state index is 8.97. The summed E-state index contributed by atoms with van der Waals surface area (Å²) in [6.45, 7) is 0. The van der Waals surface area contributed by atoms with Crippen molar-refractivity contribution < 1.29 is 15.3 Å². The molecule has 54 valence electrons. The molecule has 1 aromatic carbocycles. The first-order valence-corrected chi connectivity index (χ1v) is 3.60. The Bertz CT molecular complexity index is 232. The molecule has 0 aliphatic rings. The van der Waals surface area contributed by atoms with Crippen molar-refractivity contribution in [2.75, 3.05) is 0 Å². The van der Waals surface area contributed by atoms with E-state index in [1.54, 1.807) is 0 Å². The highest BCUT2D eigenvalue weighted by molar-refractivity contribution is 14.1. The van der Waals surface area contributed by atoms with Crippen LogP contribution in [-0.2, 0) is 0 Å². The number of rotatable bonds is 0. The summed E-state index contributed by atoms with van der Waals surface area (Å²) >= 11 is 1.85. The molecule has 0 aromatic heterocycles. The minimum atomic E-state index is -0.466. The summed E-state index contributed by atoms with van der Waals surface area (Å²) in [5.41, 5.74) is 0. The third kappa shape index (κ3) is 1.11. The van der Waals surface area contributed by atoms with Gasteiger partial charge in [-0.25, -0.2) is 0 Å². The highest BCUT2D eigenvalue weighted by Gasteiger charge is 2.07. The summed E-state index contributed by atoms with van der Waals surface area (Å²) < 4.78 is 0.507. The van der Waals surface area contributed by atoms with Crippen LogP contribution in [0.4, 0.5) is 0 Å². The normalized spacial score (nSPS) is 9.70. The number of phenols is 3. The number of halogens is 1. The van der Waals surface area contributed by atoms with E-state index in [4.69, 9.17) is 15.3 Å². The Morgan fingerprint density at radius 3 is 2.10 bits per heavy atom. The molecule has 0 heterocycles. The van der Waals surface area contributed by atoms with Gasteiger partial charge in [0.05, 0.1) is 3.57 Å². The predicted octanol–water partition coefficient (Wildman–Crippen LogP) is 1.41. The monoisotopic (exact) mass is 252 g/mol. The Balaban J connectivity index is 3.34. The van der Waals surface area contributed by atoms with Crippen molar-refractivity contribution in [2.24, 2.45) is 0 Å². The number of hydrogen-bond donors (Lipinski definition) is 3. The molecule has 4 heteroatoms. The number of hydrogen-bond acceptors (Lipinski definition) is 3. The van der Waals surface area contributed by atoms with Gasteiger partial charge in [0.15, 0.2) is 11.5 Å². The zero-order valence-corrected chi connectivity index (χ0v) is 7.03. The average Bonchev–Trinajstić information content (AvgIpc) is 1.93. The first-order valence-electron chi connectivity index (χ1n) is 2.52. The van der Waals surface area contributed by atoms with Crippen LogP contribution in [-0.4, -0.2) is 15.3 Å². The second kappa shape index (κ2) is 2.53. The minimum Gasteiger partial charge on any atom is -0.504 e. The smallest absolute Gasteiger partial charge is 0.201 e. The van der Waals surface area contributed by atoms with E-state index < -0.39 is 5.75 Å². The van der Waals surface area contributed by atoms with Gasteiger partial charge in [0.25, 0.3) is 0 Å². The molecule has 0 atom stereocenters. The molecule has 0 aliphatic carbocycles. The van der Waals surface area contributed by atoms with E-state index in [0.29, 0.717) is 3.57 Å². The summed E-state index contributed by atoms with van der Waals surface area (Å²) in [5.74, 6) is -1.05. The number of benzene rings is 1. The van der Waals surface area contributed by atoms with Crippen molar-refractivity contribution in [3.05, 3.63) is 15.7 Å². The van der Waals surface area contributed by atoms with Gasteiger partial charge in [0.1, 0.15) is 0 Å². The third-order valence-electron chi connectivity index (χ3n) is 1.08. The summed E-state index contributed by atoms with van der Waals surface area (Å²) in [6.07, 6.45) is 0. The minimum absolute atomic E-state index is 0.277. The number of aromatic hydroxyl groups is 3. The molecule has 0 saturated heterocycles. The molecule has 10 heavy (non-hydrogen) atoms. The molecule has 3 N–H and O–H groups in total. The van der Waals surface area contributed by atoms with Crippen molar-refractivity contribution >= 4 is 22.6 Å². The highest BCUT2D eigenvalue weighted by atomic mass is 127. The van der Waals surface area contributed by atoms with Crippen LogP contribution in [0.1, 0.15) is 0 Å². The van der Waals surface area contributed by atoms with Crippen molar-refractivity contribution in [1.29, 1.82) is 0 Å². The SMILES string of the molecule is Oc1ccc(I)c(O)c1O. The van der Waals surface area contributed by atoms with Gasteiger partial charge in [0, 0.05) is 0 Å². The van der Waals surface area contributed by atoms with Crippen LogP contribution in [0.3, 0.4) is 0 Å². The third-order valence-corrected chi connectivity index (χ3v) is 1.95. The van der Waals surface area contributed by atoms with Crippen LogP contribution < -0.4 is 0 Å². The zero-order valence-electron chi connectivity index (χ0n) is 4.87. The lowest BCUT2D eigenvalue weighted by atomic mass is 10.3. The van der Waals surface area contributed by atoms with Crippen LogP contribution in [0, 0.1) is 3.57 Å². The molecule has 0 radical (unpaired) electrons. The van der Waals surface area contributed by atoms with E-state index in [1.807, 2.05) is 22.6 Å². The quantitative estimate of drug-likeness (QED) is 0.483. The maximum atomic E-state index is 8.97. The summed E-state index contributed by atoms with van der Waals surface area (Å²) in [5, 5.41) is 26.7. The van der Waals surface area contributed by atoms with Crippen molar-refractivity contribution in [3.8, 4) is 17.2 Å².